The van der Waals surface area contributed by atoms with E-state index < -0.39 is 0 Å². The Morgan fingerprint density at radius 1 is 1.04 bits per heavy atom. The molecule has 2 heterocycles. The third kappa shape index (κ3) is 4.44. The average Bonchev–Trinajstić information content (AvgIpc) is 3.09. The van der Waals surface area contributed by atoms with E-state index in [4.69, 9.17) is 11.6 Å². The fraction of sp³-hybridized carbons (Fsp3) is 0.0526. The van der Waals surface area contributed by atoms with Crippen LogP contribution in [0.5, 0.6) is 0 Å². The number of rotatable bonds is 5. The van der Waals surface area contributed by atoms with Gasteiger partial charge in [0.2, 0.25) is 5.91 Å². The Morgan fingerprint density at radius 3 is 2.59 bits per heavy atom. The lowest BCUT2D eigenvalue weighted by atomic mass is 10.1. The van der Waals surface area contributed by atoms with Gasteiger partial charge in [-0.25, -0.2) is 4.98 Å². The Labute approximate surface area is 168 Å². The Balaban J connectivity index is 1.35. The summed E-state index contributed by atoms with van der Waals surface area (Å²) < 4.78 is 1.05. The minimum absolute atomic E-state index is 0.123. The molecule has 0 atom stereocenters. The number of halogens is 1. The van der Waals surface area contributed by atoms with Crippen molar-refractivity contribution in [2.75, 3.05) is 11.1 Å². The molecule has 4 rings (SSSR count). The molecule has 27 heavy (non-hydrogen) atoms. The van der Waals surface area contributed by atoms with Crippen molar-refractivity contribution in [3.63, 3.8) is 0 Å². The Hall–Kier alpha value is -2.48. The molecule has 0 aliphatic rings. The summed E-state index contributed by atoms with van der Waals surface area (Å²) in [6, 6.07) is 18.9. The van der Waals surface area contributed by atoms with Crippen LogP contribution in [0.3, 0.4) is 0 Å². The van der Waals surface area contributed by atoms with Gasteiger partial charge in [-0.3, -0.25) is 4.79 Å². The first-order valence-corrected chi connectivity index (χ1v) is 10.2. The van der Waals surface area contributed by atoms with Gasteiger partial charge >= 0.3 is 0 Å². The summed E-state index contributed by atoms with van der Waals surface area (Å²) in [5, 5.41) is 13.2. The van der Waals surface area contributed by atoms with Gasteiger partial charge in [-0.2, -0.15) is 0 Å². The number of nitrogens with one attached hydrogen (secondary N) is 1. The number of nitrogens with zero attached hydrogens (tertiary/aromatic N) is 3. The lowest BCUT2D eigenvalue weighted by Gasteiger charge is -2.03. The SMILES string of the molecule is O=C(CSc1ccc(-c2ccc(Cl)cc2)nn1)Nc1nc2ccccc2s1. The standard InChI is InChI=1S/C19H13ClN4OS2/c20-13-7-5-12(6-8-13)14-9-10-18(24-23-14)26-11-17(25)22-19-21-15-3-1-2-4-16(15)27-19/h1-10H,11H2,(H,21,22,25). The van der Waals surface area contributed by atoms with Crippen LogP contribution >= 0.6 is 34.7 Å². The molecule has 1 N–H and O–H groups in total. The van der Waals surface area contributed by atoms with Crippen molar-refractivity contribution >= 4 is 56.0 Å². The van der Waals surface area contributed by atoms with Gasteiger partial charge in [-0.15, -0.1) is 10.2 Å². The summed E-state index contributed by atoms with van der Waals surface area (Å²) in [5.74, 6) is 0.118. The van der Waals surface area contributed by atoms with Crippen LogP contribution in [0.1, 0.15) is 0 Å². The van der Waals surface area contributed by atoms with Gasteiger partial charge < -0.3 is 5.32 Å². The van der Waals surface area contributed by atoms with E-state index >= 15 is 0 Å². The number of carbonyl (C=O) groups is 1. The fourth-order valence-electron chi connectivity index (χ4n) is 2.39. The fourth-order valence-corrected chi connectivity index (χ4v) is 4.01. The molecule has 0 saturated heterocycles. The number of carbonyl (C=O) groups excluding carboxylic acids is 1. The summed E-state index contributed by atoms with van der Waals surface area (Å²) in [7, 11) is 0. The van der Waals surface area contributed by atoms with Gasteiger partial charge in [0.15, 0.2) is 5.13 Å². The van der Waals surface area contributed by atoms with Crippen LogP contribution in [-0.4, -0.2) is 26.8 Å². The first-order valence-electron chi connectivity index (χ1n) is 8.05. The van der Waals surface area contributed by atoms with Crippen molar-refractivity contribution in [1.82, 2.24) is 15.2 Å². The zero-order valence-electron chi connectivity index (χ0n) is 13.9. The Morgan fingerprint density at radius 2 is 1.85 bits per heavy atom. The summed E-state index contributed by atoms with van der Waals surface area (Å²) in [5.41, 5.74) is 2.58. The zero-order chi connectivity index (χ0) is 18.6. The lowest BCUT2D eigenvalue weighted by molar-refractivity contribution is -0.113. The highest BCUT2D eigenvalue weighted by Crippen LogP contribution is 2.26. The average molecular weight is 413 g/mol. The van der Waals surface area contributed by atoms with Gasteiger partial charge in [-0.05, 0) is 36.4 Å². The quantitative estimate of drug-likeness (QED) is 0.460. The molecule has 5 nitrogen and oxygen atoms in total. The van der Waals surface area contributed by atoms with E-state index in [0.29, 0.717) is 15.2 Å². The predicted molar refractivity (Wildman–Crippen MR) is 111 cm³/mol. The maximum Gasteiger partial charge on any atom is 0.236 e. The van der Waals surface area contributed by atoms with Crippen molar-refractivity contribution in [2.45, 2.75) is 5.03 Å². The zero-order valence-corrected chi connectivity index (χ0v) is 16.3. The number of aromatic nitrogens is 3. The van der Waals surface area contributed by atoms with Crippen LogP contribution in [0.2, 0.25) is 5.02 Å². The third-order valence-corrected chi connectivity index (χ3v) is 5.80. The molecular formula is C19H13ClN4OS2. The van der Waals surface area contributed by atoms with Crippen LogP contribution in [0, 0.1) is 0 Å². The summed E-state index contributed by atoms with van der Waals surface area (Å²) in [6.07, 6.45) is 0. The molecule has 0 aliphatic heterocycles. The Bertz CT molecular complexity index is 1050. The monoisotopic (exact) mass is 412 g/mol. The molecule has 2 aromatic heterocycles. The second-order valence-electron chi connectivity index (χ2n) is 5.59. The van der Waals surface area contributed by atoms with Gasteiger partial charge in [0, 0.05) is 10.6 Å². The molecular weight excluding hydrogens is 400 g/mol. The van der Waals surface area contributed by atoms with Crippen LogP contribution < -0.4 is 5.32 Å². The normalized spacial score (nSPS) is 10.9. The highest BCUT2D eigenvalue weighted by molar-refractivity contribution is 7.99. The second kappa shape index (κ2) is 8.04. The van der Waals surface area contributed by atoms with E-state index in [2.05, 4.69) is 20.5 Å². The lowest BCUT2D eigenvalue weighted by Crippen LogP contribution is -2.13. The topological polar surface area (TPSA) is 67.8 Å². The third-order valence-electron chi connectivity index (χ3n) is 3.67. The molecule has 0 spiro atoms. The number of benzene rings is 2. The van der Waals surface area contributed by atoms with E-state index in [9.17, 15) is 4.79 Å². The van der Waals surface area contributed by atoms with Gasteiger partial charge in [0.25, 0.3) is 0 Å². The number of anilines is 1. The van der Waals surface area contributed by atoms with Gasteiger partial charge in [0.05, 0.1) is 21.7 Å². The first kappa shape index (κ1) is 17.9. The molecule has 2 aromatic carbocycles. The van der Waals surface area contributed by atoms with Gasteiger partial charge in [-0.1, -0.05) is 59.0 Å². The minimum Gasteiger partial charge on any atom is -0.301 e. The number of para-hydroxylation sites is 1. The number of thiazole rings is 1. The maximum atomic E-state index is 12.2. The number of amides is 1. The highest BCUT2D eigenvalue weighted by Gasteiger charge is 2.09. The molecule has 0 aliphatic carbocycles. The molecule has 0 bridgehead atoms. The van der Waals surface area contributed by atoms with Crippen molar-refractivity contribution in [2.24, 2.45) is 0 Å². The van der Waals surface area contributed by atoms with E-state index in [-0.39, 0.29) is 11.7 Å². The Kier molecular flexibility index (Phi) is 5.33. The highest BCUT2D eigenvalue weighted by atomic mass is 35.5. The molecule has 0 radical (unpaired) electrons. The van der Waals surface area contributed by atoms with E-state index in [0.717, 1.165) is 21.5 Å². The summed E-state index contributed by atoms with van der Waals surface area (Å²) in [4.78, 5) is 16.6. The second-order valence-corrected chi connectivity index (χ2v) is 8.05. The van der Waals surface area contributed by atoms with Crippen LogP contribution in [0.15, 0.2) is 65.7 Å². The minimum atomic E-state index is -0.123. The molecule has 4 aromatic rings. The number of hydrogen-bond donors (Lipinski definition) is 1. The smallest absolute Gasteiger partial charge is 0.236 e. The summed E-state index contributed by atoms with van der Waals surface area (Å²) in [6.45, 7) is 0. The van der Waals surface area contributed by atoms with Crippen molar-refractivity contribution in [3.8, 4) is 11.3 Å². The van der Waals surface area contributed by atoms with Crippen LogP contribution in [0.25, 0.3) is 21.5 Å². The molecule has 8 heteroatoms. The summed E-state index contributed by atoms with van der Waals surface area (Å²) >= 11 is 8.68. The molecule has 0 fully saturated rings. The number of hydrogen-bond acceptors (Lipinski definition) is 6. The van der Waals surface area contributed by atoms with Crippen molar-refractivity contribution in [3.05, 3.63) is 65.7 Å². The van der Waals surface area contributed by atoms with E-state index in [1.165, 1.54) is 23.1 Å². The molecule has 0 unspecified atom stereocenters. The van der Waals surface area contributed by atoms with E-state index in [1.807, 2.05) is 60.7 Å². The number of thioether (sulfide) groups is 1. The van der Waals surface area contributed by atoms with Gasteiger partial charge in [0.1, 0.15) is 5.03 Å². The largest absolute Gasteiger partial charge is 0.301 e. The van der Waals surface area contributed by atoms with Crippen LogP contribution in [-0.2, 0) is 4.79 Å². The molecule has 0 saturated carbocycles. The van der Waals surface area contributed by atoms with Crippen molar-refractivity contribution < 1.29 is 4.79 Å². The van der Waals surface area contributed by atoms with Crippen LogP contribution in [0.4, 0.5) is 5.13 Å². The number of fused-ring (bicyclic) bond motifs is 1. The predicted octanol–water partition coefficient (Wildman–Crippen LogP) is 5.14. The van der Waals surface area contributed by atoms with E-state index in [1.54, 1.807) is 0 Å². The van der Waals surface area contributed by atoms with Crippen molar-refractivity contribution in [1.29, 1.82) is 0 Å². The maximum absolute atomic E-state index is 12.2. The molecule has 134 valence electrons. The first-order chi connectivity index (χ1) is 13.2. The molecule has 1 amide bonds.